The third kappa shape index (κ3) is 5.37. The van der Waals surface area contributed by atoms with E-state index in [0.717, 1.165) is 25.7 Å². The van der Waals surface area contributed by atoms with Crippen LogP contribution >= 0.6 is 0 Å². The van der Waals surface area contributed by atoms with E-state index >= 15 is 0 Å². The fraction of sp³-hybridized carbons (Fsp3) is 0.882. The van der Waals surface area contributed by atoms with Crippen molar-refractivity contribution >= 4 is 12.0 Å². The smallest absolute Gasteiger partial charge is 0.315 e. The highest BCUT2D eigenvalue weighted by Crippen LogP contribution is 2.29. The van der Waals surface area contributed by atoms with Crippen molar-refractivity contribution in [1.82, 2.24) is 10.6 Å². The van der Waals surface area contributed by atoms with Gasteiger partial charge >= 0.3 is 12.0 Å². The predicted octanol–water partition coefficient (Wildman–Crippen LogP) is 2.52. The summed E-state index contributed by atoms with van der Waals surface area (Å²) >= 11 is 0. The summed E-state index contributed by atoms with van der Waals surface area (Å²) in [6.07, 6.45) is 4.60. The Kier molecular flexibility index (Phi) is 5.89. The van der Waals surface area contributed by atoms with Gasteiger partial charge in [-0.05, 0) is 43.9 Å². The average molecular weight is 326 g/mol. The van der Waals surface area contributed by atoms with Gasteiger partial charge in [-0.1, -0.05) is 20.8 Å². The summed E-state index contributed by atoms with van der Waals surface area (Å²) in [4.78, 5) is 23.1. The van der Waals surface area contributed by atoms with E-state index in [2.05, 4.69) is 31.4 Å². The number of rotatable bonds is 3. The third-order valence-corrected chi connectivity index (χ3v) is 5.00. The molecule has 1 saturated carbocycles. The van der Waals surface area contributed by atoms with Crippen molar-refractivity contribution in [3.05, 3.63) is 0 Å². The zero-order valence-corrected chi connectivity index (χ0v) is 14.4. The van der Waals surface area contributed by atoms with Crippen LogP contribution < -0.4 is 10.6 Å². The molecule has 2 unspecified atom stereocenters. The molecule has 23 heavy (non-hydrogen) atoms. The van der Waals surface area contributed by atoms with E-state index in [0.29, 0.717) is 19.4 Å². The third-order valence-electron chi connectivity index (χ3n) is 5.00. The van der Waals surface area contributed by atoms with E-state index in [9.17, 15) is 9.59 Å². The van der Waals surface area contributed by atoms with Crippen LogP contribution in [-0.4, -0.2) is 41.9 Å². The Labute approximate surface area is 138 Å². The summed E-state index contributed by atoms with van der Waals surface area (Å²) in [7, 11) is 0. The molecule has 6 heteroatoms. The SMILES string of the molecule is CC(C)(C)C1CC(NC(=O)NC2CCC(C(=O)O)CC2)CCO1. The fourth-order valence-electron chi connectivity index (χ4n) is 3.43. The molecule has 2 rings (SSSR count). The Hall–Kier alpha value is -1.30. The molecule has 3 N–H and O–H groups in total. The van der Waals surface area contributed by atoms with Crippen molar-refractivity contribution in [3.63, 3.8) is 0 Å². The molecule has 1 heterocycles. The van der Waals surface area contributed by atoms with Crippen molar-refractivity contribution in [2.75, 3.05) is 6.61 Å². The van der Waals surface area contributed by atoms with Gasteiger partial charge in [0.15, 0.2) is 0 Å². The number of ether oxygens (including phenoxy) is 1. The quantitative estimate of drug-likeness (QED) is 0.743. The van der Waals surface area contributed by atoms with Crippen LogP contribution in [0.4, 0.5) is 4.79 Å². The lowest BCUT2D eigenvalue weighted by molar-refractivity contribution is -0.142. The standard InChI is InChI=1S/C17H30N2O4/c1-17(2,3)14-10-13(8-9-23-14)19-16(22)18-12-6-4-11(5-7-12)15(20)21/h11-14H,4-10H2,1-3H3,(H,20,21)(H2,18,19,22). The maximum absolute atomic E-state index is 12.2. The molecule has 0 radical (unpaired) electrons. The largest absolute Gasteiger partial charge is 0.481 e. The first-order chi connectivity index (χ1) is 10.8. The zero-order chi connectivity index (χ0) is 17.0. The van der Waals surface area contributed by atoms with Crippen molar-refractivity contribution in [2.24, 2.45) is 11.3 Å². The van der Waals surface area contributed by atoms with Gasteiger partial charge in [0.1, 0.15) is 0 Å². The normalized spacial score (nSPS) is 32.1. The van der Waals surface area contributed by atoms with Gasteiger partial charge in [-0.25, -0.2) is 4.79 Å². The number of urea groups is 1. The number of aliphatic carboxylic acids is 1. The average Bonchev–Trinajstić information content (AvgIpc) is 2.47. The number of amides is 2. The zero-order valence-electron chi connectivity index (χ0n) is 14.4. The predicted molar refractivity (Wildman–Crippen MR) is 87.3 cm³/mol. The van der Waals surface area contributed by atoms with Gasteiger partial charge in [0.25, 0.3) is 0 Å². The van der Waals surface area contributed by atoms with Crippen LogP contribution in [0.15, 0.2) is 0 Å². The second-order valence-electron chi connectivity index (χ2n) is 7.95. The van der Waals surface area contributed by atoms with Gasteiger partial charge in [0.2, 0.25) is 0 Å². The molecule has 2 fully saturated rings. The first-order valence-electron chi connectivity index (χ1n) is 8.67. The van der Waals surface area contributed by atoms with E-state index in [1.807, 2.05) is 0 Å². The van der Waals surface area contributed by atoms with Crippen LogP contribution in [0.25, 0.3) is 0 Å². The Morgan fingerprint density at radius 3 is 2.17 bits per heavy atom. The van der Waals surface area contributed by atoms with E-state index < -0.39 is 5.97 Å². The van der Waals surface area contributed by atoms with E-state index in [4.69, 9.17) is 9.84 Å². The summed E-state index contributed by atoms with van der Waals surface area (Å²) < 4.78 is 5.81. The first-order valence-corrected chi connectivity index (χ1v) is 8.67. The molecule has 0 spiro atoms. The Bertz CT molecular complexity index is 425. The van der Waals surface area contributed by atoms with Gasteiger partial charge in [0.05, 0.1) is 12.0 Å². The molecule has 0 aromatic rings. The van der Waals surface area contributed by atoms with Gasteiger partial charge in [0, 0.05) is 18.7 Å². The number of hydrogen-bond acceptors (Lipinski definition) is 3. The van der Waals surface area contributed by atoms with Crippen LogP contribution in [0.1, 0.15) is 59.3 Å². The van der Waals surface area contributed by atoms with Crippen LogP contribution in [0.5, 0.6) is 0 Å². The minimum absolute atomic E-state index is 0.0754. The molecule has 2 atom stereocenters. The Morgan fingerprint density at radius 1 is 1.00 bits per heavy atom. The Balaban J connectivity index is 1.74. The van der Waals surface area contributed by atoms with Gasteiger partial charge < -0.3 is 20.5 Å². The molecule has 1 aliphatic heterocycles. The highest BCUT2D eigenvalue weighted by molar-refractivity contribution is 5.74. The summed E-state index contributed by atoms with van der Waals surface area (Å²) in [6, 6.07) is 0.0931. The van der Waals surface area contributed by atoms with E-state index in [1.165, 1.54) is 0 Å². The first kappa shape index (κ1) is 18.0. The van der Waals surface area contributed by atoms with Crippen molar-refractivity contribution in [3.8, 4) is 0 Å². The van der Waals surface area contributed by atoms with E-state index in [-0.39, 0.29) is 35.6 Å². The molecule has 0 bridgehead atoms. The molecule has 1 aliphatic carbocycles. The number of carbonyl (C=O) groups excluding carboxylic acids is 1. The van der Waals surface area contributed by atoms with Crippen molar-refractivity contribution in [1.29, 1.82) is 0 Å². The van der Waals surface area contributed by atoms with Gasteiger partial charge in [-0.2, -0.15) is 0 Å². The lowest BCUT2D eigenvalue weighted by Crippen LogP contribution is -2.51. The maximum atomic E-state index is 12.2. The molecule has 2 amide bonds. The number of carboxylic acids is 1. The number of carboxylic acid groups (broad SMARTS) is 1. The fourth-order valence-corrected chi connectivity index (χ4v) is 3.43. The van der Waals surface area contributed by atoms with Crippen molar-refractivity contribution in [2.45, 2.75) is 77.5 Å². The Morgan fingerprint density at radius 2 is 1.61 bits per heavy atom. The van der Waals surface area contributed by atoms with Crippen LogP contribution in [0.2, 0.25) is 0 Å². The number of carbonyl (C=O) groups is 2. The molecule has 1 saturated heterocycles. The summed E-state index contributed by atoms with van der Waals surface area (Å²) in [5.41, 5.74) is 0.0754. The van der Waals surface area contributed by atoms with E-state index in [1.54, 1.807) is 0 Å². The summed E-state index contributed by atoms with van der Waals surface area (Å²) in [6.45, 7) is 7.14. The topological polar surface area (TPSA) is 87.7 Å². The van der Waals surface area contributed by atoms with Gasteiger partial charge in [-0.15, -0.1) is 0 Å². The monoisotopic (exact) mass is 326 g/mol. The lowest BCUT2D eigenvalue weighted by atomic mass is 9.83. The van der Waals surface area contributed by atoms with Crippen LogP contribution in [0, 0.1) is 11.3 Å². The van der Waals surface area contributed by atoms with Crippen molar-refractivity contribution < 1.29 is 19.4 Å². The van der Waals surface area contributed by atoms with Crippen LogP contribution in [-0.2, 0) is 9.53 Å². The lowest BCUT2D eigenvalue weighted by Gasteiger charge is -2.38. The molecular formula is C17H30N2O4. The van der Waals surface area contributed by atoms with Gasteiger partial charge in [-0.3, -0.25) is 4.79 Å². The molecule has 2 aliphatic rings. The number of hydrogen-bond donors (Lipinski definition) is 3. The van der Waals surface area contributed by atoms with Crippen LogP contribution in [0.3, 0.4) is 0 Å². The summed E-state index contributed by atoms with van der Waals surface area (Å²) in [5, 5.41) is 15.1. The number of nitrogens with one attached hydrogen (secondary N) is 2. The second-order valence-corrected chi connectivity index (χ2v) is 7.95. The molecular weight excluding hydrogens is 296 g/mol. The summed E-state index contributed by atoms with van der Waals surface area (Å²) in [5.74, 6) is -0.970. The molecule has 0 aromatic heterocycles. The molecule has 0 aromatic carbocycles. The second kappa shape index (κ2) is 7.51. The minimum Gasteiger partial charge on any atom is -0.481 e. The highest BCUT2D eigenvalue weighted by atomic mass is 16.5. The molecule has 6 nitrogen and oxygen atoms in total. The molecule has 132 valence electrons. The highest BCUT2D eigenvalue weighted by Gasteiger charge is 2.33. The minimum atomic E-state index is -0.719. The maximum Gasteiger partial charge on any atom is 0.315 e.